The third-order valence-corrected chi connectivity index (χ3v) is 3.01. The van der Waals surface area contributed by atoms with E-state index in [1.54, 1.807) is 12.1 Å². The molecule has 1 aromatic heterocycles. The first-order chi connectivity index (χ1) is 6.72. The molecule has 0 aliphatic heterocycles. The van der Waals surface area contributed by atoms with Gasteiger partial charge < -0.3 is 5.32 Å². The molecule has 0 spiro atoms. The fraction of sp³-hybridized carbons (Fsp3) is 0.500. The van der Waals surface area contributed by atoms with Crippen molar-refractivity contribution in [2.45, 2.75) is 18.6 Å². The van der Waals surface area contributed by atoms with Crippen LogP contribution in [0.5, 0.6) is 0 Å². The lowest BCUT2D eigenvalue weighted by molar-refractivity contribution is 0.585. The zero-order valence-electron chi connectivity index (χ0n) is 8.46. The van der Waals surface area contributed by atoms with E-state index in [2.05, 4.69) is 23.5 Å². The molecule has 2 nitrogen and oxygen atoms in total. The van der Waals surface area contributed by atoms with Gasteiger partial charge in [-0.15, -0.1) is 0 Å². The Morgan fingerprint density at radius 2 is 2.36 bits per heavy atom. The topological polar surface area (TPSA) is 24.9 Å². The smallest absolute Gasteiger partial charge is 0.214 e. The summed E-state index contributed by atoms with van der Waals surface area (Å²) < 4.78 is 12.7. The van der Waals surface area contributed by atoms with Crippen LogP contribution < -0.4 is 5.32 Å². The van der Waals surface area contributed by atoms with E-state index in [-0.39, 0.29) is 0 Å². The fourth-order valence-electron chi connectivity index (χ4n) is 1.03. The highest BCUT2D eigenvalue weighted by Crippen LogP contribution is 2.10. The van der Waals surface area contributed by atoms with Crippen LogP contribution >= 0.6 is 11.8 Å². The zero-order valence-corrected chi connectivity index (χ0v) is 9.27. The van der Waals surface area contributed by atoms with Crippen molar-refractivity contribution in [2.75, 3.05) is 18.1 Å². The molecule has 78 valence electrons. The van der Waals surface area contributed by atoms with E-state index in [1.165, 1.54) is 6.07 Å². The van der Waals surface area contributed by atoms with Crippen molar-refractivity contribution in [1.82, 2.24) is 4.98 Å². The predicted molar refractivity (Wildman–Crippen MR) is 60.3 cm³/mol. The van der Waals surface area contributed by atoms with Crippen LogP contribution in [0, 0.1) is 5.95 Å². The third-order valence-electron chi connectivity index (χ3n) is 1.97. The molecule has 0 aromatic carbocycles. The highest BCUT2D eigenvalue weighted by molar-refractivity contribution is 7.99. The van der Waals surface area contributed by atoms with Crippen molar-refractivity contribution in [2.24, 2.45) is 0 Å². The number of hydrogen-bond acceptors (Lipinski definition) is 3. The van der Waals surface area contributed by atoms with Gasteiger partial charge in [-0.1, -0.05) is 13.0 Å². The molecule has 1 atom stereocenters. The van der Waals surface area contributed by atoms with Crippen LogP contribution in [0.4, 0.5) is 10.2 Å². The summed E-state index contributed by atoms with van der Waals surface area (Å²) in [5.41, 5.74) is 0. The average Bonchev–Trinajstić information content (AvgIpc) is 2.17. The van der Waals surface area contributed by atoms with Crippen LogP contribution in [0.25, 0.3) is 0 Å². The van der Waals surface area contributed by atoms with Crippen molar-refractivity contribution >= 4 is 17.6 Å². The van der Waals surface area contributed by atoms with Gasteiger partial charge in [-0.25, -0.2) is 4.98 Å². The minimum atomic E-state index is -0.437. The van der Waals surface area contributed by atoms with Crippen LogP contribution in [-0.4, -0.2) is 23.0 Å². The van der Waals surface area contributed by atoms with E-state index in [9.17, 15) is 4.39 Å². The minimum Gasteiger partial charge on any atom is -0.370 e. The maximum atomic E-state index is 12.7. The van der Waals surface area contributed by atoms with Gasteiger partial charge in [0.15, 0.2) is 0 Å². The Kier molecular flexibility index (Phi) is 4.73. The maximum absolute atomic E-state index is 12.7. The third kappa shape index (κ3) is 3.96. The summed E-state index contributed by atoms with van der Waals surface area (Å²) in [5.74, 6) is 0.172. The molecular weight excluding hydrogens is 199 g/mol. The standard InChI is InChI=1S/C10H15FN2S/c1-8(14-2)6-7-12-10-5-3-4-9(11)13-10/h3-5,8H,6-7H2,1-2H3,(H,12,13). The van der Waals surface area contributed by atoms with Gasteiger partial charge in [0.1, 0.15) is 5.82 Å². The van der Waals surface area contributed by atoms with E-state index in [4.69, 9.17) is 0 Å². The molecule has 1 heterocycles. The molecule has 1 aromatic rings. The second-order valence-electron chi connectivity index (χ2n) is 3.11. The van der Waals surface area contributed by atoms with E-state index < -0.39 is 5.95 Å². The predicted octanol–water partition coefficient (Wildman–Crippen LogP) is 2.77. The van der Waals surface area contributed by atoms with Gasteiger partial charge in [0.2, 0.25) is 5.95 Å². The molecular formula is C10H15FN2S. The van der Waals surface area contributed by atoms with E-state index in [0.717, 1.165) is 13.0 Å². The molecule has 0 fully saturated rings. The van der Waals surface area contributed by atoms with Gasteiger partial charge in [0.25, 0.3) is 0 Å². The molecule has 0 aliphatic carbocycles. The molecule has 0 saturated heterocycles. The Bertz CT molecular complexity index is 281. The summed E-state index contributed by atoms with van der Waals surface area (Å²) in [6.07, 6.45) is 3.14. The maximum Gasteiger partial charge on any atom is 0.214 e. The second-order valence-corrected chi connectivity index (χ2v) is 4.38. The Labute approximate surface area is 88.3 Å². The van der Waals surface area contributed by atoms with Crippen molar-refractivity contribution in [3.8, 4) is 0 Å². The molecule has 1 rings (SSSR count). The van der Waals surface area contributed by atoms with Gasteiger partial charge in [-0.05, 0) is 24.8 Å². The Hall–Kier alpha value is -0.770. The summed E-state index contributed by atoms with van der Waals surface area (Å²) in [6, 6.07) is 4.77. The lowest BCUT2D eigenvalue weighted by Crippen LogP contribution is -2.08. The fourth-order valence-corrected chi connectivity index (χ4v) is 1.38. The number of thioether (sulfide) groups is 1. The molecule has 4 heteroatoms. The summed E-state index contributed by atoms with van der Waals surface area (Å²) in [6.45, 7) is 3.00. The van der Waals surface area contributed by atoms with E-state index in [0.29, 0.717) is 11.1 Å². The molecule has 0 radical (unpaired) electrons. The Morgan fingerprint density at radius 1 is 1.57 bits per heavy atom. The largest absolute Gasteiger partial charge is 0.370 e. The van der Waals surface area contributed by atoms with Gasteiger partial charge in [0.05, 0.1) is 0 Å². The number of nitrogens with one attached hydrogen (secondary N) is 1. The van der Waals surface area contributed by atoms with Crippen molar-refractivity contribution in [3.05, 3.63) is 24.1 Å². The number of aromatic nitrogens is 1. The number of rotatable bonds is 5. The van der Waals surface area contributed by atoms with Crippen LogP contribution in [-0.2, 0) is 0 Å². The molecule has 1 unspecified atom stereocenters. The summed E-state index contributed by atoms with van der Waals surface area (Å²) in [7, 11) is 0. The van der Waals surface area contributed by atoms with Crippen LogP contribution in [0.1, 0.15) is 13.3 Å². The monoisotopic (exact) mass is 214 g/mol. The Balaban J connectivity index is 2.31. The number of nitrogens with zero attached hydrogens (tertiary/aromatic N) is 1. The van der Waals surface area contributed by atoms with E-state index >= 15 is 0 Å². The van der Waals surface area contributed by atoms with Crippen LogP contribution in [0.2, 0.25) is 0 Å². The molecule has 1 N–H and O–H groups in total. The number of hydrogen-bond donors (Lipinski definition) is 1. The summed E-state index contributed by atoms with van der Waals surface area (Å²) in [5, 5.41) is 3.71. The lowest BCUT2D eigenvalue weighted by Gasteiger charge is -2.09. The number of anilines is 1. The summed E-state index contributed by atoms with van der Waals surface area (Å²) in [4.78, 5) is 3.71. The van der Waals surface area contributed by atoms with Gasteiger partial charge in [-0.3, -0.25) is 0 Å². The summed E-state index contributed by atoms with van der Waals surface area (Å²) >= 11 is 1.83. The van der Waals surface area contributed by atoms with Gasteiger partial charge >= 0.3 is 0 Å². The molecule has 0 bridgehead atoms. The first-order valence-electron chi connectivity index (χ1n) is 4.61. The SMILES string of the molecule is CSC(C)CCNc1cccc(F)n1. The molecule has 0 saturated carbocycles. The molecule has 14 heavy (non-hydrogen) atoms. The molecule has 0 amide bonds. The van der Waals surface area contributed by atoms with Crippen LogP contribution in [0.15, 0.2) is 18.2 Å². The lowest BCUT2D eigenvalue weighted by atomic mass is 10.3. The number of halogens is 1. The molecule has 0 aliphatic rings. The minimum absolute atomic E-state index is 0.437. The van der Waals surface area contributed by atoms with Gasteiger partial charge in [0, 0.05) is 11.8 Å². The first kappa shape index (κ1) is 11.3. The normalized spacial score (nSPS) is 12.5. The second kappa shape index (κ2) is 5.86. The highest BCUT2D eigenvalue weighted by Gasteiger charge is 1.99. The average molecular weight is 214 g/mol. The Morgan fingerprint density at radius 3 is 3.00 bits per heavy atom. The quantitative estimate of drug-likeness (QED) is 0.763. The zero-order chi connectivity index (χ0) is 10.4. The van der Waals surface area contributed by atoms with Crippen LogP contribution in [0.3, 0.4) is 0 Å². The highest BCUT2D eigenvalue weighted by atomic mass is 32.2. The van der Waals surface area contributed by atoms with E-state index in [1.807, 2.05) is 11.8 Å². The first-order valence-corrected chi connectivity index (χ1v) is 5.90. The van der Waals surface area contributed by atoms with Gasteiger partial charge in [-0.2, -0.15) is 16.2 Å². The number of pyridine rings is 1. The van der Waals surface area contributed by atoms with Crippen molar-refractivity contribution < 1.29 is 4.39 Å². The van der Waals surface area contributed by atoms with Crippen molar-refractivity contribution in [1.29, 1.82) is 0 Å². The van der Waals surface area contributed by atoms with Crippen molar-refractivity contribution in [3.63, 3.8) is 0 Å².